The molecule has 0 aromatic carbocycles. The van der Waals surface area contributed by atoms with Gasteiger partial charge in [-0.05, 0) is 0 Å². The van der Waals surface area contributed by atoms with Crippen molar-refractivity contribution in [2.24, 2.45) is 0 Å². The number of amides is 1. The maximum Gasteiger partial charge on any atom is 0.222 e. The Bertz CT molecular complexity index is 530. The third-order valence-electron chi connectivity index (χ3n) is 1.85. The van der Waals surface area contributed by atoms with Crippen LogP contribution in [0.2, 0.25) is 0 Å². The van der Waals surface area contributed by atoms with E-state index in [1.54, 1.807) is 17.1 Å². The van der Waals surface area contributed by atoms with Gasteiger partial charge in [0.1, 0.15) is 12.7 Å². The Morgan fingerprint density at radius 2 is 2.33 bits per heavy atom. The van der Waals surface area contributed by atoms with E-state index < -0.39 is 0 Å². The second-order valence-electron chi connectivity index (χ2n) is 2.91. The molecule has 2 aromatic heterocycles. The minimum atomic E-state index is -0.192. The Morgan fingerprint density at radius 1 is 1.53 bits per heavy atom. The number of hydrogen-bond donors (Lipinski definition) is 1. The Hall–Kier alpha value is -2.24. The number of hydrogen-bond acceptors (Lipinski definition) is 4. The van der Waals surface area contributed by atoms with Crippen LogP contribution < -0.4 is 5.32 Å². The van der Waals surface area contributed by atoms with E-state index in [0.29, 0.717) is 17.0 Å². The van der Waals surface area contributed by atoms with E-state index in [9.17, 15) is 4.79 Å². The van der Waals surface area contributed by atoms with Crippen molar-refractivity contribution >= 4 is 29.1 Å². The Kier molecular flexibility index (Phi) is 2.17. The van der Waals surface area contributed by atoms with Gasteiger partial charge in [0.2, 0.25) is 5.91 Å². The number of nitrogens with one attached hydrogen (secondary N) is 1. The zero-order chi connectivity index (χ0) is 10.8. The lowest BCUT2D eigenvalue weighted by Crippen LogP contribution is -2.08. The highest BCUT2D eigenvalue weighted by atomic mass is 16.1. The van der Waals surface area contributed by atoms with Gasteiger partial charge >= 0.3 is 0 Å². The SMILES string of the molecule is C=Cn1cnc2c(NC(C)=O)ncnc21. The lowest BCUT2D eigenvalue weighted by Gasteiger charge is -2.00. The summed E-state index contributed by atoms with van der Waals surface area (Å²) in [5.41, 5.74) is 1.16. The van der Waals surface area contributed by atoms with Crippen molar-refractivity contribution in [2.75, 3.05) is 5.32 Å². The lowest BCUT2D eigenvalue weighted by atomic mass is 10.5. The molecule has 2 aromatic rings. The fourth-order valence-electron chi connectivity index (χ4n) is 1.24. The van der Waals surface area contributed by atoms with Crippen LogP contribution in [0.4, 0.5) is 5.82 Å². The largest absolute Gasteiger partial charge is 0.309 e. The minimum Gasteiger partial charge on any atom is -0.309 e. The summed E-state index contributed by atoms with van der Waals surface area (Å²) in [6.45, 7) is 5.03. The van der Waals surface area contributed by atoms with Gasteiger partial charge < -0.3 is 5.32 Å². The monoisotopic (exact) mass is 203 g/mol. The molecule has 2 rings (SSSR count). The molecular weight excluding hydrogens is 194 g/mol. The maximum absolute atomic E-state index is 10.9. The van der Waals surface area contributed by atoms with E-state index >= 15 is 0 Å². The zero-order valence-corrected chi connectivity index (χ0v) is 8.14. The number of aromatic nitrogens is 4. The van der Waals surface area contributed by atoms with Crippen molar-refractivity contribution in [1.29, 1.82) is 0 Å². The van der Waals surface area contributed by atoms with Crippen molar-refractivity contribution in [1.82, 2.24) is 19.5 Å². The predicted octanol–water partition coefficient (Wildman–Crippen LogP) is 0.885. The van der Waals surface area contributed by atoms with E-state index in [1.165, 1.54) is 13.3 Å². The van der Waals surface area contributed by atoms with Crippen LogP contribution in [0.1, 0.15) is 6.92 Å². The molecule has 0 unspecified atom stereocenters. The Labute approximate surface area is 85.7 Å². The fourth-order valence-corrected chi connectivity index (χ4v) is 1.24. The molecule has 0 aliphatic carbocycles. The summed E-state index contributed by atoms with van der Waals surface area (Å²) in [6, 6.07) is 0. The van der Waals surface area contributed by atoms with E-state index in [2.05, 4.69) is 26.8 Å². The first-order valence-corrected chi connectivity index (χ1v) is 4.30. The van der Waals surface area contributed by atoms with E-state index in [4.69, 9.17) is 0 Å². The number of fused-ring (bicyclic) bond motifs is 1. The van der Waals surface area contributed by atoms with Crippen molar-refractivity contribution in [3.8, 4) is 0 Å². The van der Waals surface area contributed by atoms with Crippen LogP contribution in [0.5, 0.6) is 0 Å². The van der Waals surface area contributed by atoms with E-state index in [0.717, 1.165) is 0 Å². The summed E-state index contributed by atoms with van der Waals surface area (Å²) in [4.78, 5) is 23.0. The molecule has 0 atom stereocenters. The first kappa shape index (κ1) is 9.32. The smallest absolute Gasteiger partial charge is 0.222 e. The average Bonchev–Trinajstić information content (AvgIpc) is 2.61. The number of imidazole rings is 1. The van der Waals surface area contributed by atoms with Gasteiger partial charge in [-0.2, -0.15) is 0 Å². The van der Waals surface area contributed by atoms with E-state index in [1.807, 2.05) is 0 Å². The average molecular weight is 203 g/mol. The highest BCUT2D eigenvalue weighted by Crippen LogP contribution is 2.16. The third kappa shape index (κ3) is 1.56. The van der Waals surface area contributed by atoms with Gasteiger partial charge in [-0.1, -0.05) is 6.58 Å². The van der Waals surface area contributed by atoms with Gasteiger partial charge in [0, 0.05) is 13.1 Å². The molecule has 0 fully saturated rings. The normalized spacial score (nSPS) is 10.2. The summed E-state index contributed by atoms with van der Waals surface area (Å²) in [7, 11) is 0. The molecule has 76 valence electrons. The van der Waals surface area contributed by atoms with Crippen molar-refractivity contribution in [3.05, 3.63) is 19.2 Å². The highest BCUT2D eigenvalue weighted by molar-refractivity contribution is 5.95. The summed E-state index contributed by atoms with van der Waals surface area (Å²) >= 11 is 0. The lowest BCUT2D eigenvalue weighted by molar-refractivity contribution is -0.114. The second-order valence-corrected chi connectivity index (χ2v) is 2.91. The molecular formula is C9H9N5O. The van der Waals surface area contributed by atoms with Crippen LogP contribution in [-0.4, -0.2) is 25.4 Å². The van der Waals surface area contributed by atoms with Crippen LogP contribution >= 0.6 is 0 Å². The zero-order valence-electron chi connectivity index (χ0n) is 8.14. The van der Waals surface area contributed by atoms with Crippen molar-refractivity contribution in [2.45, 2.75) is 6.92 Å². The van der Waals surface area contributed by atoms with Crippen LogP contribution in [0.3, 0.4) is 0 Å². The van der Waals surface area contributed by atoms with Crippen LogP contribution in [-0.2, 0) is 4.79 Å². The molecule has 0 saturated heterocycles. The molecule has 0 spiro atoms. The minimum absolute atomic E-state index is 0.192. The summed E-state index contributed by atoms with van der Waals surface area (Å²) in [5.74, 6) is 0.219. The number of anilines is 1. The molecule has 2 heterocycles. The van der Waals surface area contributed by atoms with Gasteiger partial charge in [0.05, 0.1) is 0 Å². The molecule has 0 saturated carbocycles. The quantitative estimate of drug-likeness (QED) is 0.786. The first-order valence-electron chi connectivity index (χ1n) is 4.30. The molecule has 0 aliphatic rings. The van der Waals surface area contributed by atoms with Crippen molar-refractivity contribution < 1.29 is 4.79 Å². The van der Waals surface area contributed by atoms with Crippen LogP contribution in [0.15, 0.2) is 19.2 Å². The first-order chi connectivity index (χ1) is 7.22. The number of nitrogens with zero attached hydrogens (tertiary/aromatic N) is 4. The van der Waals surface area contributed by atoms with Gasteiger partial charge in [-0.25, -0.2) is 15.0 Å². The number of rotatable bonds is 2. The third-order valence-corrected chi connectivity index (χ3v) is 1.85. The highest BCUT2D eigenvalue weighted by Gasteiger charge is 2.09. The van der Waals surface area contributed by atoms with Crippen LogP contribution in [0, 0.1) is 0 Å². The number of carbonyl (C=O) groups is 1. The molecule has 0 aliphatic heterocycles. The van der Waals surface area contributed by atoms with Gasteiger partial charge in [0.15, 0.2) is 17.0 Å². The van der Waals surface area contributed by atoms with Gasteiger partial charge in [0.25, 0.3) is 0 Å². The predicted molar refractivity (Wildman–Crippen MR) is 56.0 cm³/mol. The maximum atomic E-state index is 10.9. The summed E-state index contributed by atoms with van der Waals surface area (Å²) in [6.07, 6.45) is 4.52. The summed E-state index contributed by atoms with van der Waals surface area (Å²) in [5, 5.41) is 2.59. The summed E-state index contributed by atoms with van der Waals surface area (Å²) < 4.78 is 1.66. The van der Waals surface area contributed by atoms with Gasteiger partial charge in [-0.15, -0.1) is 0 Å². The molecule has 6 nitrogen and oxygen atoms in total. The molecule has 0 bridgehead atoms. The Morgan fingerprint density at radius 3 is 3.00 bits per heavy atom. The molecule has 1 N–H and O–H groups in total. The molecule has 0 radical (unpaired) electrons. The van der Waals surface area contributed by atoms with E-state index in [-0.39, 0.29) is 5.91 Å². The fraction of sp³-hybridized carbons (Fsp3) is 0.111. The Balaban J connectivity index is 2.61. The van der Waals surface area contributed by atoms with Crippen molar-refractivity contribution in [3.63, 3.8) is 0 Å². The molecule has 1 amide bonds. The van der Waals surface area contributed by atoms with Crippen LogP contribution in [0.25, 0.3) is 17.4 Å². The topological polar surface area (TPSA) is 72.7 Å². The second kappa shape index (κ2) is 3.49. The number of carbonyl (C=O) groups excluding carboxylic acids is 1. The molecule has 15 heavy (non-hydrogen) atoms. The molecule has 6 heteroatoms. The standard InChI is InChI=1S/C9H9N5O/c1-3-14-5-12-7-8(13-6(2)15)10-4-11-9(7)14/h3-5H,1H2,2H3,(H,10,11,13,15). The van der Waals surface area contributed by atoms with Gasteiger partial charge in [-0.3, -0.25) is 9.36 Å².